The van der Waals surface area contributed by atoms with Gasteiger partial charge in [0.2, 0.25) is 10.1 Å². The summed E-state index contributed by atoms with van der Waals surface area (Å²) in [5.74, 6) is 2.71. The molecule has 0 fully saturated rings. The number of hydrogen-bond acceptors (Lipinski definition) is 6. The van der Waals surface area contributed by atoms with Crippen LogP contribution in [0.3, 0.4) is 0 Å². The van der Waals surface area contributed by atoms with Crippen molar-refractivity contribution in [2.24, 2.45) is 5.92 Å². The Hall–Kier alpha value is -1.96. The summed E-state index contributed by atoms with van der Waals surface area (Å²) in [5, 5.41) is 17.4. The molecule has 0 aromatic carbocycles. The first kappa shape index (κ1) is 15.6. The molecular formula is C16H23N7S. The molecule has 0 amide bonds. The fourth-order valence-corrected chi connectivity index (χ4v) is 3.85. The van der Waals surface area contributed by atoms with E-state index >= 15 is 0 Å². The number of aromatic nitrogens is 6. The monoisotopic (exact) mass is 345 g/mol. The van der Waals surface area contributed by atoms with Gasteiger partial charge in [-0.25, -0.2) is 9.50 Å². The van der Waals surface area contributed by atoms with Gasteiger partial charge < -0.3 is 9.88 Å². The van der Waals surface area contributed by atoms with Crippen molar-refractivity contribution >= 4 is 21.4 Å². The second-order valence-electron chi connectivity index (χ2n) is 7.57. The van der Waals surface area contributed by atoms with Crippen LogP contribution in [0.1, 0.15) is 44.5 Å². The fourth-order valence-electron chi connectivity index (χ4n) is 3.06. The normalized spacial score (nSPS) is 18.1. The van der Waals surface area contributed by atoms with Crippen molar-refractivity contribution in [1.29, 1.82) is 0 Å². The molecule has 24 heavy (non-hydrogen) atoms. The molecule has 1 aliphatic heterocycles. The molecule has 0 saturated heterocycles. The summed E-state index contributed by atoms with van der Waals surface area (Å²) in [5.41, 5.74) is 1.13. The lowest BCUT2D eigenvalue weighted by atomic mass is 9.93. The van der Waals surface area contributed by atoms with Gasteiger partial charge in [0.1, 0.15) is 11.6 Å². The standard InChI is InChI=1S/C16H23N7S/c1-10-19-20-13-6-5-11(8-22(10)13)7-17-14-21-23-9-12(16(2,3)4)18-15(23)24-14/h9,11H,5-8H2,1-4H3,(H,17,21)/t11-/m1/s1. The highest BCUT2D eigenvalue weighted by Crippen LogP contribution is 2.26. The largest absolute Gasteiger partial charge is 0.360 e. The maximum absolute atomic E-state index is 4.69. The van der Waals surface area contributed by atoms with E-state index in [1.54, 1.807) is 11.3 Å². The van der Waals surface area contributed by atoms with Crippen LogP contribution < -0.4 is 5.32 Å². The summed E-state index contributed by atoms with van der Waals surface area (Å²) in [4.78, 5) is 5.64. The van der Waals surface area contributed by atoms with Gasteiger partial charge in [-0.05, 0) is 19.3 Å². The zero-order valence-electron chi connectivity index (χ0n) is 14.6. The van der Waals surface area contributed by atoms with Crippen LogP contribution in [0.15, 0.2) is 6.20 Å². The first-order valence-corrected chi connectivity index (χ1v) is 9.21. The van der Waals surface area contributed by atoms with Gasteiger partial charge >= 0.3 is 0 Å². The number of rotatable bonds is 3. The molecule has 0 aliphatic carbocycles. The number of hydrogen-bond donors (Lipinski definition) is 1. The van der Waals surface area contributed by atoms with E-state index in [2.05, 4.69) is 46.0 Å². The minimum absolute atomic E-state index is 0.0531. The lowest BCUT2D eigenvalue weighted by Gasteiger charge is -2.23. The summed E-state index contributed by atoms with van der Waals surface area (Å²) >= 11 is 1.61. The zero-order valence-corrected chi connectivity index (χ0v) is 15.4. The molecule has 0 radical (unpaired) electrons. The van der Waals surface area contributed by atoms with E-state index < -0.39 is 0 Å². The van der Waals surface area contributed by atoms with Crippen LogP contribution in [-0.4, -0.2) is 35.9 Å². The zero-order chi connectivity index (χ0) is 16.9. The van der Waals surface area contributed by atoms with Gasteiger partial charge in [-0.3, -0.25) is 0 Å². The van der Waals surface area contributed by atoms with E-state index in [1.165, 1.54) is 0 Å². The number of anilines is 1. The molecule has 3 aromatic heterocycles. The Bertz CT molecular complexity index is 835. The van der Waals surface area contributed by atoms with E-state index in [4.69, 9.17) is 4.98 Å². The van der Waals surface area contributed by atoms with E-state index in [1.807, 2.05) is 17.6 Å². The smallest absolute Gasteiger partial charge is 0.214 e. The Morgan fingerprint density at radius 2 is 2.17 bits per heavy atom. The molecular weight excluding hydrogens is 322 g/mol. The maximum atomic E-state index is 4.69. The minimum atomic E-state index is 0.0531. The molecule has 1 N–H and O–H groups in total. The third-order valence-corrected chi connectivity index (χ3v) is 5.46. The van der Waals surface area contributed by atoms with Crippen molar-refractivity contribution in [3.05, 3.63) is 23.5 Å². The molecule has 4 rings (SSSR count). The topological polar surface area (TPSA) is 72.9 Å². The van der Waals surface area contributed by atoms with Crippen LogP contribution in [0.2, 0.25) is 0 Å². The van der Waals surface area contributed by atoms with Gasteiger partial charge in [0.15, 0.2) is 0 Å². The molecule has 0 bridgehead atoms. The van der Waals surface area contributed by atoms with Crippen LogP contribution in [0, 0.1) is 12.8 Å². The summed E-state index contributed by atoms with van der Waals surface area (Å²) in [6.45, 7) is 10.4. The van der Waals surface area contributed by atoms with Crippen LogP contribution >= 0.6 is 11.3 Å². The number of imidazole rings is 1. The average molecular weight is 345 g/mol. The van der Waals surface area contributed by atoms with E-state index in [-0.39, 0.29) is 5.41 Å². The van der Waals surface area contributed by atoms with Gasteiger partial charge in [-0.2, -0.15) is 0 Å². The van der Waals surface area contributed by atoms with Crippen molar-refractivity contribution in [2.75, 3.05) is 11.9 Å². The Morgan fingerprint density at radius 3 is 2.92 bits per heavy atom. The van der Waals surface area contributed by atoms with Crippen LogP contribution in [0.4, 0.5) is 5.13 Å². The first-order valence-electron chi connectivity index (χ1n) is 8.39. The Labute approximate surface area is 145 Å². The Balaban J connectivity index is 1.42. The molecule has 4 heterocycles. The Kier molecular flexibility index (Phi) is 3.59. The van der Waals surface area contributed by atoms with Crippen molar-refractivity contribution in [3.8, 4) is 0 Å². The van der Waals surface area contributed by atoms with Crippen LogP contribution in [0.25, 0.3) is 4.96 Å². The van der Waals surface area contributed by atoms with Gasteiger partial charge in [-0.15, -0.1) is 15.3 Å². The Morgan fingerprint density at radius 1 is 1.33 bits per heavy atom. The highest BCUT2D eigenvalue weighted by Gasteiger charge is 2.22. The molecule has 0 spiro atoms. The first-order chi connectivity index (χ1) is 11.4. The van der Waals surface area contributed by atoms with Crippen LogP contribution in [0.5, 0.6) is 0 Å². The quantitative estimate of drug-likeness (QED) is 0.790. The highest BCUT2D eigenvalue weighted by atomic mass is 32.1. The molecule has 128 valence electrons. The molecule has 3 aromatic rings. The third-order valence-electron chi connectivity index (χ3n) is 4.58. The summed E-state index contributed by atoms with van der Waals surface area (Å²) in [6, 6.07) is 0. The van der Waals surface area contributed by atoms with Gasteiger partial charge in [-0.1, -0.05) is 32.1 Å². The average Bonchev–Trinajstić information content (AvgIpc) is 3.18. The summed E-state index contributed by atoms with van der Waals surface area (Å²) in [6.07, 6.45) is 4.18. The molecule has 0 unspecified atom stereocenters. The predicted molar refractivity (Wildman–Crippen MR) is 94.6 cm³/mol. The van der Waals surface area contributed by atoms with Crippen molar-refractivity contribution < 1.29 is 0 Å². The fraction of sp³-hybridized carbons (Fsp3) is 0.625. The number of aryl methyl sites for hydroxylation is 2. The third kappa shape index (κ3) is 2.79. The second-order valence-corrected chi connectivity index (χ2v) is 8.53. The number of fused-ring (bicyclic) bond motifs is 2. The molecule has 1 aliphatic rings. The SMILES string of the molecule is Cc1nnc2n1C[C@@H](CNc1nn3cc(C(C)(C)C)nc3s1)CC2. The lowest BCUT2D eigenvalue weighted by Crippen LogP contribution is -2.26. The van der Waals surface area contributed by atoms with Gasteiger partial charge in [0.25, 0.3) is 0 Å². The van der Waals surface area contributed by atoms with E-state index in [0.29, 0.717) is 5.92 Å². The van der Waals surface area contributed by atoms with Crippen molar-refractivity contribution in [2.45, 2.75) is 52.5 Å². The number of nitrogens with one attached hydrogen (secondary N) is 1. The van der Waals surface area contributed by atoms with Crippen molar-refractivity contribution in [3.63, 3.8) is 0 Å². The molecule has 8 heteroatoms. The molecule has 1 atom stereocenters. The van der Waals surface area contributed by atoms with Gasteiger partial charge in [0.05, 0.1) is 11.9 Å². The number of nitrogens with zero attached hydrogens (tertiary/aromatic N) is 6. The van der Waals surface area contributed by atoms with Crippen molar-refractivity contribution in [1.82, 2.24) is 29.4 Å². The predicted octanol–water partition coefficient (Wildman–Crippen LogP) is 2.66. The lowest BCUT2D eigenvalue weighted by molar-refractivity contribution is 0.377. The highest BCUT2D eigenvalue weighted by molar-refractivity contribution is 7.20. The second kappa shape index (κ2) is 5.54. The summed E-state index contributed by atoms with van der Waals surface area (Å²) < 4.78 is 4.12. The van der Waals surface area contributed by atoms with E-state index in [9.17, 15) is 0 Å². The van der Waals surface area contributed by atoms with Gasteiger partial charge in [0, 0.05) is 24.9 Å². The summed E-state index contributed by atoms with van der Waals surface area (Å²) in [7, 11) is 0. The molecule has 0 saturated carbocycles. The van der Waals surface area contributed by atoms with E-state index in [0.717, 1.165) is 53.4 Å². The maximum Gasteiger partial charge on any atom is 0.214 e. The van der Waals surface area contributed by atoms with Crippen LogP contribution in [-0.2, 0) is 18.4 Å². The minimum Gasteiger partial charge on any atom is -0.360 e. The molecule has 7 nitrogen and oxygen atoms in total.